The van der Waals surface area contributed by atoms with Crippen molar-refractivity contribution in [3.8, 4) is 0 Å². The van der Waals surface area contributed by atoms with E-state index in [2.05, 4.69) is 4.72 Å². The van der Waals surface area contributed by atoms with E-state index in [0.29, 0.717) is 0 Å². The van der Waals surface area contributed by atoms with Crippen molar-refractivity contribution < 1.29 is 22.0 Å². The van der Waals surface area contributed by atoms with Gasteiger partial charge in [-0.3, -0.25) is 4.79 Å². The minimum atomic E-state index is -3.54. The fourth-order valence-corrected chi connectivity index (χ4v) is 3.07. The van der Waals surface area contributed by atoms with E-state index in [0.717, 1.165) is 22.5 Å². The highest BCUT2D eigenvalue weighted by atomic mass is 32.2. The van der Waals surface area contributed by atoms with Gasteiger partial charge in [0, 0.05) is 33.3 Å². The number of hydrogen-bond donors (Lipinski definition) is 1. The maximum atomic E-state index is 13.2. The highest BCUT2D eigenvalue weighted by Gasteiger charge is 2.36. The summed E-state index contributed by atoms with van der Waals surface area (Å²) in [5.41, 5.74) is 0.254. The lowest BCUT2D eigenvalue weighted by molar-refractivity contribution is -0.137. The van der Waals surface area contributed by atoms with E-state index < -0.39 is 27.8 Å². The second-order valence-electron chi connectivity index (χ2n) is 5.77. The van der Waals surface area contributed by atoms with E-state index in [4.69, 9.17) is 0 Å². The van der Waals surface area contributed by atoms with E-state index in [1.165, 1.54) is 19.0 Å². The van der Waals surface area contributed by atoms with Crippen LogP contribution in [0.15, 0.2) is 18.2 Å². The van der Waals surface area contributed by atoms with E-state index in [1.54, 1.807) is 6.92 Å². The largest absolute Gasteiger partial charge is 0.339 e. The number of hydrogen-bond acceptors (Lipinski definition) is 3. The molecule has 0 saturated carbocycles. The van der Waals surface area contributed by atoms with Gasteiger partial charge in [-0.05, 0) is 24.6 Å². The number of benzene rings is 1. The van der Waals surface area contributed by atoms with Crippen LogP contribution in [-0.4, -0.2) is 56.8 Å². The van der Waals surface area contributed by atoms with Gasteiger partial charge in [-0.25, -0.2) is 8.78 Å². The van der Waals surface area contributed by atoms with Gasteiger partial charge in [0.1, 0.15) is 11.6 Å². The molecule has 1 aliphatic rings. The van der Waals surface area contributed by atoms with Crippen LogP contribution >= 0.6 is 0 Å². The first kappa shape index (κ1) is 17.8. The third-order valence-corrected chi connectivity index (χ3v) is 5.34. The number of nitrogens with zero attached hydrogens (tertiary/aromatic N) is 2. The third kappa shape index (κ3) is 4.04. The first-order valence-electron chi connectivity index (χ1n) is 7.04. The molecule has 1 amide bonds. The van der Waals surface area contributed by atoms with Gasteiger partial charge in [0.25, 0.3) is 10.2 Å². The number of carbonyl (C=O) groups excluding carboxylic acids is 1. The fourth-order valence-electron chi connectivity index (χ4n) is 2.29. The van der Waals surface area contributed by atoms with Gasteiger partial charge in [-0.2, -0.15) is 17.4 Å². The molecule has 1 N–H and O–H groups in total. The number of halogens is 2. The molecule has 0 radical (unpaired) electrons. The Morgan fingerprint density at radius 3 is 2.26 bits per heavy atom. The molecule has 2 rings (SSSR count). The third-order valence-electron chi connectivity index (χ3n) is 3.74. The molecule has 1 unspecified atom stereocenters. The maximum absolute atomic E-state index is 13.2. The molecule has 1 heterocycles. The molecule has 23 heavy (non-hydrogen) atoms. The second kappa shape index (κ2) is 6.50. The smallest absolute Gasteiger partial charge is 0.279 e. The van der Waals surface area contributed by atoms with Crippen LogP contribution in [0.4, 0.5) is 8.78 Å². The Labute approximate surface area is 134 Å². The molecule has 9 heteroatoms. The van der Waals surface area contributed by atoms with Crippen molar-refractivity contribution in [3.05, 3.63) is 35.4 Å². The summed E-state index contributed by atoms with van der Waals surface area (Å²) < 4.78 is 53.3. The normalized spacial score (nSPS) is 17.2. The molecular weight excluding hydrogens is 328 g/mol. The monoisotopic (exact) mass is 347 g/mol. The van der Waals surface area contributed by atoms with Gasteiger partial charge in [-0.1, -0.05) is 0 Å². The van der Waals surface area contributed by atoms with Gasteiger partial charge in [0.05, 0.1) is 12.0 Å². The Morgan fingerprint density at radius 1 is 1.26 bits per heavy atom. The molecule has 1 aromatic rings. The summed E-state index contributed by atoms with van der Waals surface area (Å²) in [5, 5.41) is 0. The maximum Gasteiger partial charge on any atom is 0.279 e. The lowest BCUT2D eigenvalue weighted by Crippen LogP contribution is -2.62. The Balaban J connectivity index is 1.96. The number of amides is 1. The van der Waals surface area contributed by atoms with Gasteiger partial charge >= 0.3 is 0 Å². The van der Waals surface area contributed by atoms with Gasteiger partial charge < -0.3 is 4.90 Å². The fraction of sp³-hybridized carbons (Fsp3) is 0.500. The van der Waals surface area contributed by atoms with Crippen LogP contribution in [0.5, 0.6) is 0 Å². The molecule has 0 aromatic heterocycles. The van der Waals surface area contributed by atoms with E-state index >= 15 is 0 Å². The number of rotatable bonds is 5. The SMILES string of the molecule is CC(C(=O)N1CC(NS(=O)(=O)N(C)C)C1)c1cc(F)cc(F)c1. The molecule has 6 nitrogen and oxygen atoms in total. The Bertz CT molecular complexity index is 683. The van der Waals surface area contributed by atoms with Crippen molar-refractivity contribution in [1.29, 1.82) is 0 Å². The highest BCUT2D eigenvalue weighted by molar-refractivity contribution is 7.87. The molecule has 1 aliphatic heterocycles. The number of nitrogens with one attached hydrogen (secondary N) is 1. The number of carbonyl (C=O) groups is 1. The number of likely N-dealkylation sites (tertiary alicyclic amines) is 1. The average Bonchev–Trinajstić information content (AvgIpc) is 2.39. The van der Waals surface area contributed by atoms with Crippen LogP contribution in [0.1, 0.15) is 18.4 Å². The minimum absolute atomic E-state index is 0.230. The van der Waals surface area contributed by atoms with E-state index in [9.17, 15) is 22.0 Å². The molecule has 1 aromatic carbocycles. The zero-order chi connectivity index (χ0) is 17.4. The van der Waals surface area contributed by atoms with Crippen LogP contribution in [0, 0.1) is 11.6 Å². The van der Waals surface area contributed by atoms with E-state index in [-0.39, 0.29) is 30.6 Å². The van der Waals surface area contributed by atoms with Crippen molar-refractivity contribution in [2.45, 2.75) is 18.9 Å². The van der Waals surface area contributed by atoms with Crippen LogP contribution in [0.2, 0.25) is 0 Å². The highest BCUT2D eigenvalue weighted by Crippen LogP contribution is 2.23. The van der Waals surface area contributed by atoms with E-state index in [1.807, 2.05) is 0 Å². The summed E-state index contributed by atoms with van der Waals surface area (Å²) in [6, 6.07) is 2.63. The van der Waals surface area contributed by atoms with Crippen LogP contribution < -0.4 is 4.72 Å². The molecule has 128 valence electrons. The zero-order valence-electron chi connectivity index (χ0n) is 13.1. The van der Waals surface area contributed by atoms with Crippen molar-refractivity contribution >= 4 is 16.1 Å². The van der Waals surface area contributed by atoms with Gasteiger partial charge in [0.2, 0.25) is 5.91 Å². The second-order valence-corrected chi connectivity index (χ2v) is 7.69. The first-order chi connectivity index (χ1) is 10.6. The first-order valence-corrected chi connectivity index (χ1v) is 8.48. The summed E-state index contributed by atoms with van der Waals surface area (Å²) in [7, 11) is -0.730. The summed E-state index contributed by atoms with van der Waals surface area (Å²) in [4.78, 5) is 13.7. The Hall–Kier alpha value is -1.58. The van der Waals surface area contributed by atoms with Crippen LogP contribution in [0.3, 0.4) is 0 Å². The summed E-state index contributed by atoms with van der Waals surface area (Å²) in [5.74, 6) is -2.47. The average molecular weight is 347 g/mol. The molecule has 0 bridgehead atoms. The summed E-state index contributed by atoms with van der Waals surface area (Å²) >= 11 is 0. The van der Waals surface area contributed by atoms with Crippen LogP contribution in [-0.2, 0) is 15.0 Å². The zero-order valence-corrected chi connectivity index (χ0v) is 13.9. The summed E-state index contributed by atoms with van der Waals surface area (Å²) in [6.45, 7) is 2.02. The van der Waals surface area contributed by atoms with Gasteiger partial charge in [-0.15, -0.1) is 0 Å². The Morgan fingerprint density at radius 2 is 1.78 bits per heavy atom. The molecule has 1 fully saturated rings. The molecule has 0 aliphatic carbocycles. The van der Waals surface area contributed by atoms with Crippen molar-refractivity contribution in [2.24, 2.45) is 0 Å². The van der Waals surface area contributed by atoms with Crippen molar-refractivity contribution in [1.82, 2.24) is 13.9 Å². The minimum Gasteiger partial charge on any atom is -0.339 e. The van der Waals surface area contributed by atoms with Crippen molar-refractivity contribution in [2.75, 3.05) is 27.2 Å². The summed E-state index contributed by atoms with van der Waals surface area (Å²) in [6.07, 6.45) is 0. The predicted molar refractivity (Wildman–Crippen MR) is 80.9 cm³/mol. The Kier molecular flexibility index (Phi) is 5.02. The van der Waals surface area contributed by atoms with Crippen LogP contribution in [0.25, 0.3) is 0 Å². The molecule has 0 spiro atoms. The predicted octanol–water partition coefficient (Wildman–Crippen LogP) is 0.675. The molecule has 1 saturated heterocycles. The lowest BCUT2D eigenvalue weighted by atomic mass is 9.97. The quantitative estimate of drug-likeness (QED) is 0.851. The standard InChI is InChI=1S/C14H19F2N3O3S/c1-9(10-4-11(15)6-12(16)5-10)14(20)19-7-13(8-19)17-23(21,22)18(2)3/h4-6,9,13,17H,7-8H2,1-3H3. The lowest BCUT2D eigenvalue weighted by Gasteiger charge is -2.41. The molecule has 1 atom stereocenters. The topological polar surface area (TPSA) is 69.7 Å². The van der Waals surface area contributed by atoms with Crippen molar-refractivity contribution in [3.63, 3.8) is 0 Å². The molecular formula is C14H19F2N3O3S. The van der Waals surface area contributed by atoms with Gasteiger partial charge in [0.15, 0.2) is 0 Å².